The first-order chi connectivity index (χ1) is 8.11. The molecule has 0 aliphatic heterocycles. The molecular weight excluding hydrogens is 232 g/mol. The van der Waals surface area contributed by atoms with Gasteiger partial charge in [-0.15, -0.1) is 0 Å². The summed E-state index contributed by atoms with van der Waals surface area (Å²) in [4.78, 5) is 11.8. The van der Waals surface area contributed by atoms with Crippen molar-refractivity contribution in [2.45, 2.75) is 47.1 Å². The van der Waals surface area contributed by atoms with E-state index >= 15 is 0 Å². The van der Waals surface area contributed by atoms with Crippen LogP contribution in [-0.4, -0.2) is 27.1 Å². The molecule has 0 amide bonds. The van der Waals surface area contributed by atoms with E-state index in [-0.39, 0.29) is 5.78 Å². The van der Waals surface area contributed by atoms with E-state index in [1.807, 2.05) is 37.2 Å². The Kier molecular flexibility index (Phi) is 5.75. The molecule has 0 bridgehead atoms. The minimum atomic E-state index is 0.203. The summed E-state index contributed by atoms with van der Waals surface area (Å²) >= 11 is 1.95. The number of aromatic nitrogens is 2. The topological polar surface area (TPSA) is 34.9 Å². The number of Topliss-reactive ketones (excluding diaryl/α,β-unsaturated/α-hetero) is 1. The fourth-order valence-corrected chi connectivity index (χ4v) is 2.58. The Morgan fingerprint density at radius 3 is 2.65 bits per heavy atom. The lowest BCUT2D eigenvalue weighted by Gasteiger charge is -2.04. The number of thioether (sulfide) groups is 1. The molecule has 0 aliphatic rings. The summed E-state index contributed by atoms with van der Waals surface area (Å²) in [6.07, 6.45) is 1.67. The minimum absolute atomic E-state index is 0.203. The first-order valence-electron chi connectivity index (χ1n) is 6.26. The second-order valence-corrected chi connectivity index (χ2v) is 5.49. The molecule has 0 aliphatic carbocycles. The monoisotopic (exact) mass is 254 g/mol. The Hall–Kier alpha value is -0.770. The third kappa shape index (κ3) is 3.60. The highest BCUT2D eigenvalue weighted by Gasteiger charge is 2.16. The van der Waals surface area contributed by atoms with E-state index < -0.39 is 0 Å². The normalized spacial score (nSPS) is 10.8. The predicted octanol–water partition coefficient (Wildman–Crippen LogP) is 3.24. The van der Waals surface area contributed by atoms with Gasteiger partial charge in [0.1, 0.15) is 0 Å². The molecule has 0 saturated carbocycles. The van der Waals surface area contributed by atoms with E-state index in [4.69, 9.17) is 0 Å². The van der Waals surface area contributed by atoms with Crippen molar-refractivity contribution in [3.8, 4) is 0 Å². The van der Waals surface area contributed by atoms with E-state index in [1.165, 1.54) is 0 Å². The van der Waals surface area contributed by atoms with Crippen molar-refractivity contribution in [3.05, 3.63) is 17.0 Å². The smallest absolute Gasteiger partial charge is 0.166 e. The molecule has 0 fully saturated rings. The lowest BCUT2D eigenvalue weighted by atomic mass is 10.1. The van der Waals surface area contributed by atoms with Crippen LogP contribution >= 0.6 is 11.8 Å². The van der Waals surface area contributed by atoms with Crippen molar-refractivity contribution >= 4 is 17.5 Å². The number of hydrogen-bond donors (Lipinski definition) is 0. The number of nitrogens with zero attached hydrogens (tertiary/aromatic N) is 2. The van der Waals surface area contributed by atoms with Crippen LogP contribution in [0.15, 0.2) is 0 Å². The van der Waals surface area contributed by atoms with Crippen LogP contribution in [0.2, 0.25) is 0 Å². The van der Waals surface area contributed by atoms with Gasteiger partial charge >= 0.3 is 0 Å². The van der Waals surface area contributed by atoms with Gasteiger partial charge in [-0.2, -0.15) is 16.9 Å². The molecule has 0 saturated heterocycles. The fourth-order valence-electron chi connectivity index (χ4n) is 1.96. The second-order valence-electron chi connectivity index (χ2n) is 4.10. The van der Waals surface area contributed by atoms with Gasteiger partial charge in [0.25, 0.3) is 0 Å². The molecule has 0 aromatic carbocycles. The Bertz CT molecular complexity index is 385. The van der Waals surface area contributed by atoms with E-state index in [2.05, 4.69) is 12.0 Å². The van der Waals surface area contributed by atoms with Crippen LogP contribution in [0, 0.1) is 13.8 Å². The molecule has 1 aromatic heterocycles. The Morgan fingerprint density at radius 2 is 2.06 bits per heavy atom. The summed E-state index contributed by atoms with van der Waals surface area (Å²) in [5, 5.41) is 4.46. The molecule has 0 radical (unpaired) electrons. The average Bonchev–Trinajstić information content (AvgIpc) is 2.59. The summed E-state index contributed by atoms with van der Waals surface area (Å²) in [5.41, 5.74) is 2.73. The molecule has 0 unspecified atom stereocenters. The molecule has 0 atom stereocenters. The van der Waals surface area contributed by atoms with Crippen molar-refractivity contribution in [1.82, 2.24) is 9.78 Å². The first kappa shape index (κ1) is 14.3. The maximum atomic E-state index is 11.8. The number of hydrogen-bond acceptors (Lipinski definition) is 3. The highest BCUT2D eigenvalue weighted by molar-refractivity contribution is 7.99. The standard InChI is InChI=1S/C13H22N2OS/c1-5-12(16)13-10(3)14-15(11(13)4)8-7-9-17-6-2/h5-9H2,1-4H3. The Balaban J connectivity index is 2.71. The number of carbonyl (C=O) groups excluding carboxylic acids is 1. The summed E-state index contributed by atoms with van der Waals surface area (Å²) in [6, 6.07) is 0. The molecule has 96 valence electrons. The van der Waals surface area contributed by atoms with Crippen LogP contribution in [0.25, 0.3) is 0 Å². The van der Waals surface area contributed by atoms with E-state index in [0.29, 0.717) is 6.42 Å². The zero-order valence-electron chi connectivity index (χ0n) is 11.2. The zero-order valence-corrected chi connectivity index (χ0v) is 12.1. The van der Waals surface area contributed by atoms with Gasteiger partial charge in [-0.05, 0) is 31.8 Å². The van der Waals surface area contributed by atoms with Gasteiger partial charge in [-0.1, -0.05) is 13.8 Å². The van der Waals surface area contributed by atoms with Crippen LogP contribution in [0.1, 0.15) is 48.4 Å². The van der Waals surface area contributed by atoms with E-state index in [1.54, 1.807) is 0 Å². The van der Waals surface area contributed by atoms with Gasteiger partial charge in [0.15, 0.2) is 5.78 Å². The second kappa shape index (κ2) is 6.84. The van der Waals surface area contributed by atoms with E-state index in [9.17, 15) is 4.79 Å². The van der Waals surface area contributed by atoms with Crippen molar-refractivity contribution < 1.29 is 4.79 Å². The highest BCUT2D eigenvalue weighted by atomic mass is 32.2. The van der Waals surface area contributed by atoms with Crippen molar-refractivity contribution in [2.24, 2.45) is 0 Å². The van der Waals surface area contributed by atoms with Gasteiger partial charge in [0.2, 0.25) is 0 Å². The van der Waals surface area contributed by atoms with Crippen LogP contribution in [0.5, 0.6) is 0 Å². The largest absolute Gasteiger partial charge is 0.294 e. The number of rotatable bonds is 7. The lowest BCUT2D eigenvalue weighted by molar-refractivity contribution is 0.0987. The summed E-state index contributed by atoms with van der Waals surface area (Å²) in [7, 11) is 0. The summed E-state index contributed by atoms with van der Waals surface area (Å²) in [5.74, 6) is 2.52. The van der Waals surface area contributed by atoms with Crippen molar-refractivity contribution in [2.75, 3.05) is 11.5 Å². The maximum Gasteiger partial charge on any atom is 0.166 e. The predicted molar refractivity (Wildman–Crippen MR) is 73.9 cm³/mol. The van der Waals surface area contributed by atoms with E-state index in [0.717, 1.165) is 41.4 Å². The van der Waals surface area contributed by atoms with Crippen molar-refractivity contribution in [1.29, 1.82) is 0 Å². The van der Waals surface area contributed by atoms with Gasteiger partial charge in [-0.3, -0.25) is 9.48 Å². The molecule has 1 heterocycles. The third-order valence-corrected chi connectivity index (χ3v) is 3.83. The summed E-state index contributed by atoms with van der Waals surface area (Å²) < 4.78 is 1.98. The van der Waals surface area contributed by atoms with Crippen molar-refractivity contribution in [3.63, 3.8) is 0 Å². The minimum Gasteiger partial charge on any atom is -0.294 e. The van der Waals surface area contributed by atoms with Crippen LogP contribution in [0.4, 0.5) is 0 Å². The van der Waals surface area contributed by atoms with Gasteiger partial charge < -0.3 is 0 Å². The molecule has 3 nitrogen and oxygen atoms in total. The van der Waals surface area contributed by atoms with Crippen LogP contribution < -0.4 is 0 Å². The van der Waals surface area contributed by atoms with Gasteiger partial charge in [-0.25, -0.2) is 0 Å². The summed E-state index contributed by atoms with van der Waals surface area (Å²) in [6.45, 7) is 8.90. The van der Waals surface area contributed by atoms with Crippen LogP contribution in [-0.2, 0) is 6.54 Å². The van der Waals surface area contributed by atoms with Gasteiger partial charge in [0.05, 0.1) is 11.3 Å². The van der Waals surface area contributed by atoms with Crippen LogP contribution in [0.3, 0.4) is 0 Å². The fraction of sp³-hybridized carbons (Fsp3) is 0.692. The highest BCUT2D eigenvalue weighted by Crippen LogP contribution is 2.16. The molecule has 17 heavy (non-hydrogen) atoms. The lowest BCUT2D eigenvalue weighted by Crippen LogP contribution is -2.05. The Morgan fingerprint density at radius 1 is 1.35 bits per heavy atom. The van der Waals surface area contributed by atoms with Gasteiger partial charge in [0, 0.05) is 18.7 Å². The number of carbonyl (C=O) groups is 1. The maximum absolute atomic E-state index is 11.8. The average molecular weight is 254 g/mol. The first-order valence-corrected chi connectivity index (χ1v) is 7.42. The molecule has 1 aromatic rings. The molecule has 0 spiro atoms. The Labute approximate surface area is 108 Å². The molecule has 0 N–H and O–H groups in total. The zero-order chi connectivity index (χ0) is 12.8. The molecule has 4 heteroatoms. The number of aryl methyl sites for hydroxylation is 2. The SMILES string of the molecule is CCSCCCn1nc(C)c(C(=O)CC)c1C. The third-order valence-electron chi connectivity index (χ3n) is 2.84. The molecular formula is C13H22N2OS. The number of ketones is 1. The quantitative estimate of drug-likeness (QED) is 0.553. The molecule has 1 rings (SSSR count).